The third-order valence-electron chi connectivity index (χ3n) is 4.92. The average Bonchev–Trinajstić information content (AvgIpc) is 3.10. The lowest BCUT2D eigenvalue weighted by Crippen LogP contribution is -2.34. The molecule has 0 radical (unpaired) electrons. The number of unbranched alkanes of at least 4 members (excludes halogenated alkanes) is 1. The lowest BCUT2D eigenvalue weighted by molar-refractivity contribution is -0.137. The van der Waals surface area contributed by atoms with E-state index < -0.39 is 16.0 Å². The molecular formula is C22H25NO4S. The molecule has 0 aliphatic heterocycles. The van der Waals surface area contributed by atoms with E-state index in [9.17, 15) is 13.2 Å². The SMILES string of the molecule is O=C(O)CCC/C=C\CC1=CCC[C@@H]1NS(=O)(=O)c1ccc2ccccc2c1. The minimum absolute atomic E-state index is 0.168. The van der Waals surface area contributed by atoms with E-state index in [-0.39, 0.29) is 17.4 Å². The molecule has 0 saturated heterocycles. The molecule has 3 rings (SSSR count). The quantitative estimate of drug-likeness (QED) is 0.483. The molecule has 0 heterocycles. The molecule has 2 aromatic carbocycles. The molecule has 0 aromatic heterocycles. The zero-order chi connectivity index (χ0) is 20.0. The Labute approximate surface area is 165 Å². The second-order valence-corrected chi connectivity index (χ2v) is 8.71. The Morgan fingerprint density at radius 2 is 1.93 bits per heavy atom. The van der Waals surface area contributed by atoms with Crippen LogP contribution in [0.5, 0.6) is 0 Å². The number of aliphatic carboxylic acids is 1. The summed E-state index contributed by atoms with van der Waals surface area (Å²) in [7, 11) is -3.60. The number of allylic oxidation sites excluding steroid dienone is 3. The average molecular weight is 400 g/mol. The molecule has 1 aliphatic carbocycles. The molecule has 1 atom stereocenters. The number of fused-ring (bicyclic) bond motifs is 1. The minimum atomic E-state index is -3.60. The maximum absolute atomic E-state index is 12.8. The first-order valence-corrected chi connectivity index (χ1v) is 11.0. The van der Waals surface area contributed by atoms with E-state index in [1.165, 1.54) is 0 Å². The van der Waals surface area contributed by atoms with Gasteiger partial charge in [0.2, 0.25) is 10.0 Å². The highest BCUT2D eigenvalue weighted by Crippen LogP contribution is 2.25. The summed E-state index contributed by atoms with van der Waals surface area (Å²) in [6, 6.07) is 12.7. The number of hydrogen-bond acceptors (Lipinski definition) is 3. The summed E-state index contributed by atoms with van der Waals surface area (Å²) >= 11 is 0. The zero-order valence-corrected chi connectivity index (χ0v) is 16.5. The Morgan fingerprint density at radius 1 is 1.14 bits per heavy atom. The molecule has 0 amide bonds. The van der Waals surface area contributed by atoms with Gasteiger partial charge in [0.15, 0.2) is 0 Å². The van der Waals surface area contributed by atoms with Crippen molar-refractivity contribution in [2.24, 2.45) is 0 Å². The van der Waals surface area contributed by atoms with Gasteiger partial charge in [-0.3, -0.25) is 4.79 Å². The predicted octanol–water partition coefficient (Wildman–Crippen LogP) is 4.41. The van der Waals surface area contributed by atoms with E-state index >= 15 is 0 Å². The fourth-order valence-electron chi connectivity index (χ4n) is 3.42. The monoisotopic (exact) mass is 399 g/mol. The van der Waals surface area contributed by atoms with Crippen molar-refractivity contribution in [3.8, 4) is 0 Å². The molecule has 2 aromatic rings. The first-order valence-electron chi connectivity index (χ1n) is 9.52. The molecule has 0 fully saturated rings. The van der Waals surface area contributed by atoms with Gasteiger partial charge in [-0.15, -0.1) is 0 Å². The molecule has 28 heavy (non-hydrogen) atoms. The number of sulfonamides is 1. The molecule has 5 nitrogen and oxygen atoms in total. The van der Waals surface area contributed by atoms with Crippen LogP contribution in [0.3, 0.4) is 0 Å². The van der Waals surface area contributed by atoms with Crippen molar-refractivity contribution < 1.29 is 18.3 Å². The number of rotatable bonds is 9. The Hall–Kier alpha value is -2.44. The Morgan fingerprint density at radius 3 is 2.71 bits per heavy atom. The van der Waals surface area contributed by atoms with Gasteiger partial charge >= 0.3 is 5.97 Å². The second kappa shape index (κ2) is 9.17. The summed E-state index contributed by atoms with van der Waals surface area (Å²) in [5.41, 5.74) is 1.07. The zero-order valence-electron chi connectivity index (χ0n) is 15.7. The molecule has 0 unspecified atom stereocenters. The molecule has 0 saturated carbocycles. The van der Waals surface area contributed by atoms with Crippen molar-refractivity contribution in [3.05, 3.63) is 66.3 Å². The van der Waals surface area contributed by atoms with Crippen LogP contribution >= 0.6 is 0 Å². The number of benzene rings is 2. The van der Waals surface area contributed by atoms with Gasteiger partial charge < -0.3 is 5.11 Å². The van der Waals surface area contributed by atoms with Gasteiger partial charge in [-0.1, -0.05) is 54.1 Å². The molecule has 0 bridgehead atoms. The van der Waals surface area contributed by atoms with E-state index in [1.807, 2.05) is 42.5 Å². The van der Waals surface area contributed by atoms with E-state index in [0.29, 0.717) is 19.3 Å². The highest BCUT2D eigenvalue weighted by atomic mass is 32.2. The van der Waals surface area contributed by atoms with Crippen LogP contribution in [0.25, 0.3) is 10.8 Å². The van der Waals surface area contributed by atoms with Gasteiger partial charge in [-0.2, -0.15) is 0 Å². The summed E-state index contributed by atoms with van der Waals surface area (Å²) in [5, 5.41) is 10.5. The van der Waals surface area contributed by atoms with Crippen molar-refractivity contribution in [3.63, 3.8) is 0 Å². The smallest absolute Gasteiger partial charge is 0.303 e. The molecular weight excluding hydrogens is 374 g/mol. The van der Waals surface area contributed by atoms with Gasteiger partial charge in [0, 0.05) is 12.5 Å². The van der Waals surface area contributed by atoms with Crippen molar-refractivity contribution in [2.45, 2.75) is 49.5 Å². The van der Waals surface area contributed by atoms with Crippen LogP contribution in [-0.4, -0.2) is 25.5 Å². The van der Waals surface area contributed by atoms with Crippen molar-refractivity contribution in [2.75, 3.05) is 0 Å². The number of carbonyl (C=O) groups is 1. The van der Waals surface area contributed by atoms with Crippen molar-refractivity contribution >= 4 is 26.8 Å². The fraction of sp³-hybridized carbons (Fsp3) is 0.318. The molecule has 148 valence electrons. The van der Waals surface area contributed by atoms with Crippen molar-refractivity contribution in [1.82, 2.24) is 4.72 Å². The summed E-state index contributed by atoms with van der Waals surface area (Å²) in [6.07, 6.45) is 9.85. The topological polar surface area (TPSA) is 83.5 Å². The maximum Gasteiger partial charge on any atom is 0.303 e. The Balaban J connectivity index is 1.61. The lowest BCUT2D eigenvalue weighted by Gasteiger charge is -2.17. The summed E-state index contributed by atoms with van der Waals surface area (Å²) < 4.78 is 28.5. The van der Waals surface area contributed by atoms with Crippen LogP contribution in [0.4, 0.5) is 0 Å². The highest BCUT2D eigenvalue weighted by Gasteiger charge is 2.25. The Kier molecular flexibility index (Phi) is 6.65. The van der Waals surface area contributed by atoms with Gasteiger partial charge in [-0.25, -0.2) is 13.1 Å². The molecule has 2 N–H and O–H groups in total. The minimum Gasteiger partial charge on any atom is -0.481 e. The van der Waals surface area contributed by atoms with E-state index in [4.69, 9.17) is 5.11 Å². The summed E-state index contributed by atoms with van der Waals surface area (Å²) in [4.78, 5) is 10.8. The van der Waals surface area contributed by atoms with Crippen molar-refractivity contribution in [1.29, 1.82) is 0 Å². The molecule has 6 heteroatoms. The summed E-state index contributed by atoms with van der Waals surface area (Å²) in [5.74, 6) is -0.782. The Bertz CT molecular complexity index is 1010. The first kappa shape index (κ1) is 20.3. The number of carboxylic acids is 1. The third-order valence-corrected chi connectivity index (χ3v) is 6.39. The van der Waals surface area contributed by atoms with E-state index in [1.54, 1.807) is 12.1 Å². The second-order valence-electron chi connectivity index (χ2n) is 7.00. The van der Waals surface area contributed by atoms with Crippen LogP contribution < -0.4 is 4.72 Å². The van der Waals surface area contributed by atoms with E-state index in [0.717, 1.165) is 29.2 Å². The van der Waals surface area contributed by atoms with Crippen LogP contribution in [0.15, 0.2) is 71.2 Å². The van der Waals surface area contributed by atoms with Crippen LogP contribution in [0, 0.1) is 0 Å². The van der Waals surface area contributed by atoms with Gasteiger partial charge in [0.25, 0.3) is 0 Å². The van der Waals surface area contributed by atoms with Gasteiger partial charge in [0.05, 0.1) is 4.90 Å². The highest BCUT2D eigenvalue weighted by molar-refractivity contribution is 7.89. The third kappa shape index (κ3) is 5.30. The largest absolute Gasteiger partial charge is 0.481 e. The van der Waals surface area contributed by atoms with E-state index in [2.05, 4.69) is 10.8 Å². The van der Waals surface area contributed by atoms with Gasteiger partial charge in [-0.05, 0) is 55.0 Å². The fourth-order valence-corrected chi connectivity index (χ4v) is 4.73. The predicted molar refractivity (Wildman–Crippen MR) is 111 cm³/mol. The first-order chi connectivity index (χ1) is 13.5. The van der Waals surface area contributed by atoms with Crippen LogP contribution in [-0.2, 0) is 14.8 Å². The number of hydrogen-bond donors (Lipinski definition) is 2. The maximum atomic E-state index is 12.8. The van der Waals surface area contributed by atoms with Crippen LogP contribution in [0.1, 0.15) is 38.5 Å². The van der Waals surface area contributed by atoms with Gasteiger partial charge in [0.1, 0.15) is 0 Å². The molecule has 0 spiro atoms. The number of carboxylic acid groups (broad SMARTS) is 1. The van der Waals surface area contributed by atoms with Crippen LogP contribution in [0.2, 0.25) is 0 Å². The number of nitrogens with one attached hydrogen (secondary N) is 1. The summed E-state index contributed by atoms with van der Waals surface area (Å²) in [6.45, 7) is 0. The molecule has 1 aliphatic rings. The standard InChI is InChI=1S/C22H25NO4S/c24-22(25)13-4-2-1-3-9-18-11-7-12-21(18)23-28(26,27)20-15-14-17-8-5-6-10-19(17)16-20/h1,3,5-6,8,10-11,14-16,21,23H,2,4,7,9,12-13H2,(H,24,25)/b3-1-/t21-/m0/s1. The normalized spacial score (nSPS) is 17.3. The lowest BCUT2D eigenvalue weighted by atomic mass is 10.1.